The molecule has 3 aromatic rings. The van der Waals surface area contributed by atoms with Crippen molar-refractivity contribution in [2.45, 2.75) is 11.3 Å². The number of sulfone groups is 1. The van der Waals surface area contributed by atoms with Crippen LogP contribution in [0.3, 0.4) is 0 Å². The Labute approximate surface area is 155 Å². The summed E-state index contributed by atoms with van der Waals surface area (Å²) in [6.45, 7) is 0. The van der Waals surface area contributed by atoms with Gasteiger partial charge in [-0.25, -0.2) is 13.4 Å². The van der Waals surface area contributed by atoms with Crippen LogP contribution in [0.5, 0.6) is 0 Å². The predicted octanol–water partition coefficient (Wildman–Crippen LogP) is 4.29. The average molecular weight is 392 g/mol. The Kier molecular flexibility index (Phi) is 5.03. The molecular weight excluding hydrogens is 378 g/mol. The van der Waals surface area contributed by atoms with Crippen LogP contribution in [-0.2, 0) is 16.3 Å². The fraction of sp³-hybridized carbons (Fsp3) is 0.111. The Morgan fingerprint density at radius 3 is 2.44 bits per heavy atom. The predicted molar refractivity (Wildman–Crippen MR) is 100 cm³/mol. The lowest BCUT2D eigenvalue weighted by Crippen LogP contribution is -2.06. The van der Waals surface area contributed by atoms with Crippen molar-refractivity contribution in [2.75, 3.05) is 6.26 Å². The molecule has 0 aliphatic carbocycles. The van der Waals surface area contributed by atoms with Crippen molar-refractivity contribution in [3.63, 3.8) is 0 Å². The van der Waals surface area contributed by atoms with Crippen LogP contribution in [0.2, 0.25) is 5.02 Å². The third-order valence-corrected chi connectivity index (χ3v) is 5.73. The third kappa shape index (κ3) is 4.15. The number of ketones is 1. The first kappa shape index (κ1) is 17.8. The molecule has 4 nitrogen and oxygen atoms in total. The maximum Gasteiger partial charge on any atom is 0.175 e. The second-order valence-corrected chi connectivity index (χ2v) is 8.73. The van der Waals surface area contributed by atoms with Crippen LogP contribution in [0.1, 0.15) is 15.9 Å². The Balaban J connectivity index is 1.78. The third-order valence-electron chi connectivity index (χ3n) is 3.72. The van der Waals surface area contributed by atoms with E-state index in [-0.39, 0.29) is 22.1 Å². The summed E-state index contributed by atoms with van der Waals surface area (Å²) in [7, 11) is -3.35. The van der Waals surface area contributed by atoms with Crippen LogP contribution < -0.4 is 0 Å². The smallest absolute Gasteiger partial charge is 0.175 e. The molecule has 0 amide bonds. The number of hydrogen-bond donors (Lipinski definition) is 0. The summed E-state index contributed by atoms with van der Waals surface area (Å²) in [6.07, 6.45) is 1.29. The van der Waals surface area contributed by atoms with Gasteiger partial charge in [-0.2, -0.15) is 0 Å². The molecule has 0 spiro atoms. The minimum Gasteiger partial charge on any atom is -0.294 e. The quantitative estimate of drug-likeness (QED) is 0.608. The van der Waals surface area contributed by atoms with Crippen LogP contribution in [0.15, 0.2) is 58.3 Å². The number of nitrogens with zero attached hydrogens (tertiary/aromatic N) is 1. The molecule has 0 saturated heterocycles. The van der Waals surface area contributed by atoms with Gasteiger partial charge < -0.3 is 0 Å². The van der Waals surface area contributed by atoms with Gasteiger partial charge >= 0.3 is 0 Å². The van der Waals surface area contributed by atoms with Crippen molar-refractivity contribution < 1.29 is 13.2 Å². The molecule has 3 rings (SSSR count). The lowest BCUT2D eigenvalue weighted by atomic mass is 10.0. The summed E-state index contributed by atoms with van der Waals surface area (Å²) in [5.74, 6) is -0.161. The Morgan fingerprint density at radius 1 is 1.16 bits per heavy atom. The zero-order valence-corrected chi connectivity index (χ0v) is 15.7. The molecule has 0 fully saturated rings. The van der Waals surface area contributed by atoms with Crippen LogP contribution in [0, 0.1) is 0 Å². The number of rotatable bonds is 5. The molecule has 1 aromatic heterocycles. The number of carbonyl (C=O) groups is 1. The van der Waals surface area contributed by atoms with E-state index in [4.69, 9.17) is 11.6 Å². The van der Waals surface area contributed by atoms with E-state index in [0.717, 1.165) is 23.1 Å². The summed E-state index contributed by atoms with van der Waals surface area (Å²) in [4.78, 5) is 16.8. The van der Waals surface area contributed by atoms with Crippen molar-refractivity contribution in [3.8, 4) is 11.3 Å². The van der Waals surface area contributed by atoms with Crippen molar-refractivity contribution in [1.29, 1.82) is 0 Å². The second kappa shape index (κ2) is 7.07. The normalized spacial score (nSPS) is 11.4. The summed E-state index contributed by atoms with van der Waals surface area (Å²) in [6, 6.07) is 11.8. The number of halogens is 1. The molecule has 25 heavy (non-hydrogen) atoms. The largest absolute Gasteiger partial charge is 0.294 e. The molecule has 0 bridgehead atoms. The molecule has 0 saturated carbocycles. The van der Waals surface area contributed by atoms with E-state index in [2.05, 4.69) is 4.98 Å². The van der Waals surface area contributed by atoms with Gasteiger partial charge in [0.2, 0.25) is 0 Å². The first-order valence-electron chi connectivity index (χ1n) is 7.35. The molecule has 0 unspecified atom stereocenters. The molecule has 0 atom stereocenters. The number of Topliss-reactive ketones (excluding diaryl/α,β-unsaturated/α-hetero) is 1. The fourth-order valence-corrected chi connectivity index (χ4v) is 3.94. The van der Waals surface area contributed by atoms with Gasteiger partial charge in [0.1, 0.15) is 0 Å². The van der Waals surface area contributed by atoms with Gasteiger partial charge in [-0.05, 0) is 23.8 Å². The Morgan fingerprint density at radius 2 is 1.88 bits per heavy atom. The van der Waals surface area contributed by atoms with Gasteiger partial charge in [0, 0.05) is 29.2 Å². The van der Waals surface area contributed by atoms with Crippen LogP contribution in [0.4, 0.5) is 0 Å². The zero-order chi connectivity index (χ0) is 18.0. The van der Waals surface area contributed by atoms with Gasteiger partial charge in [0.25, 0.3) is 0 Å². The van der Waals surface area contributed by atoms with Crippen LogP contribution in [0.25, 0.3) is 11.3 Å². The van der Waals surface area contributed by atoms with Gasteiger partial charge in [0.15, 0.2) is 15.6 Å². The summed E-state index contributed by atoms with van der Waals surface area (Å²) in [5, 5.41) is 2.11. The first-order chi connectivity index (χ1) is 11.8. The van der Waals surface area contributed by atoms with E-state index in [9.17, 15) is 13.2 Å². The number of thiazole rings is 1. The van der Waals surface area contributed by atoms with Gasteiger partial charge in [-0.3, -0.25) is 4.79 Å². The minimum absolute atomic E-state index is 0.0988. The number of benzene rings is 2. The monoisotopic (exact) mass is 391 g/mol. The highest BCUT2D eigenvalue weighted by atomic mass is 35.5. The van der Waals surface area contributed by atoms with Crippen molar-refractivity contribution in [3.05, 3.63) is 69.5 Å². The highest BCUT2D eigenvalue weighted by Crippen LogP contribution is 2.24. The molecule has 0 aliphatic heterocycles. The van der Waals surface area contributed by atoms with E-state index >= 15 is 0 Å². The number of carbonyl (C=O) groups excluding carboxylic acids is 1. The fourth-order valence-electron chi connectivity index (χ4n) is 2.38. The van der Waals surface area contributed by atoms with Crippen molar-refractivity contribution >= 4 is 38.6 Å². The molecule has 0 aliphatic rings. The van der Waals surface area contributed by atoms with E-state index in [1.54, 1.807) is 5.51 Å². The molecule has 1 heterocycles. The van der Waals surface area contributed by atoms with Crippen molar-refractivity contribution in [1.82, 2.24) is 4.98 Å². The maximum absolute atomic E-state index is 12.5. The average Bonchev–Trinajstić information content (AvgIpc) is 3.09. The SMILES string of the molecule is CS(=O)(=O)c1ccc(C(=O)Cc2ccc(-c3cscn3)cc2)c(Cl)c1. The number of hydrogen-bond acceptors (Lipinski definition) is 5. The van der Waals surface area contributed by atoms with Gasteiger partial charge in [-0.15, -0.1) is 11.3 Å². The zero-order valence-electron chi connectivity index (χ0n) is 13.3. The Bertz CT molecular complexity index is 1010. The van der Waals surface area contributed by atoms with Crippen LogP contribution >= 0.6 is 22.9 Å². The van der Waals surface area contributed by atoms with E-state index in [1.165, 1.54) is 29.5 Å². The summed E-state index contributed by atoms with van der Waals surface area (Å²) in [5.41, 5.74) is 4.84. The molecule has 0 radical (unpaired) electrons. The maximum atomic E-state index is 12.5. The highest BCUT2D eigenvalue weighted by molar-refractivity contribution is 7.90. The lowest BCUT2D eigenvalue weighted by Gasteiger charge is -2.06. The van der Waals surface area contributed by atoms with Gasteiger partial charge in [-0.1, -0.05) is 35.9 Å². The molecule has 128 valence electrons. The standard InChI is InChI=1S/C18H14ClNO3S2/c1-25(22,23)14-6-7-15(16(19)9-14)18(21)8-12-2-4-13(5-3-12)17-10-24-11-20-17/h2-7,9-11H,8H2,1H3. The summed E-state index contributed by atoms with van der Waals surface area (Å²) >= 11 is 7.63. The number of aromatic nitrogens is 1. The molecule has 2 aromatic carbocycles. The van der Waals surface area contributed by atoms with Gasteiger partial charge in [0.05, 0.1) is 21.1 Å². The minimum atomic E-state index is -3.35. The van der Waals surface area contributed by atoms with Crippen molar-refractivity contribution in [2.24, 2.45) is 0 Å². The van der Waals surface area contributed by atoms with E-state index < -0.39 is 9.84 Å². The van der Waals surface area contributed by atoms with E-state index in [0.29, 0.717) is 5.56 Å². The molecular formula is C18H14ClNO3S2. The highest BCUT2D eigenvalue weighted by Gasteiger charge is 2.15. The second-order valence-electron chi connectivity index (χ2n) is 5.58. The molecule has 0 N–H and O–H groups in total. The molecule has 7 heteroatoms. The lowest BCUT2D eigenvalue weighted by molar-refractivity contribution is 0.0993. The topological polar surface area (TPSA) is 64.1 Å². The van der Waals surface area contributed by atoms with E-state index in [1.807, 2.05) is 29.6 Å². The first-order valence-corrected chi connectivity index (χ1v) is 10.6. The Hall–Kier alpha value is -2.02. The summed E-state index contributed by atoms with van der Waals surface area (Å²) < 4.78 is 23.1. The van der Waals surface area contributed by atoms with Crippen LogP contribution in [-0.4, -0.2) is 25.4 Å².